The summed E-state index contributed by atoms with van der Waals surface area (Å²) in [7, 11) is 0. The molecule has 0 amide bonds. The van der Waals surface area contributed by atoms with Crippen LogP contribution in [0.4, 0.5) is 0 Å². The van der Waals surface area contributed by atoms with Crippen LogP contribution in [0.2, 0.25) is 0 Å². The topological polar surface area (TPSA) is 15.3 Å². The fourth-order valence-electron chi connectivity index (χ4n) is 2.45. The van der Waals surface area contributed by atoms with Gasteiger partial charge in [-0.1, -0.05) is 12.8 Å². The van der Waals surface area contributed by atoms with Crippen molar-refractivity contribution in [3.8, 4) is 0 Å². The molecular formula is C10H20Cl2N2-2. The Labute approximate surface area is 99.6 Å². The molecule has 1 heterocycles. The summed E-state index contributed by atoms with van der Waals surface area (Å²) in [5.74, 6) is 1.03. The van der Waals surface area contributed by atoms with Crippen molar-refractivity contribution >= 4 is 0 Å². The number of halogens is 2. The van der Waals surface area contributed by atoms with Crippen molar-refractivity contribution < 1.29 is 24.8 Å². The predicted molar refractivity (Wildman–Crippen MR) is 51.3 cm³/mol. The second-order valence-electron chi connectivity index (χ2n) is 4.20. The molecule has 0 spiro atoms. The Hall–Kier alpha value is 0.500. The van der Waals surface area contributed by atoms with Crippen LogP contribution >= 0.6 is 0 Å². The van der Waals surface area contributed by atoms with E-state index in [9.17, 15) is 0 Å². The smallest absolute Gasteiger partial charge is 0.0107 e. The number of hydrogen-bond acceptors (Lipinski definition) is 2. The van der Waals surface area contributed by atoms with E-state index in [2.05, 4.69) is 10.2 Å². The van der Waals surface area contributed by atoms with Crippen LogP contribution in [0, 0.1) is 5.92 Å². The average Bonchev–Trinajstić information content (AvgIpc) is 2.59. The normalized spacial score (nSPS) is 24.0. The van der Waals surface area contributed by atoms with Crippen molar-refractivity contribution in [3.63, 3.8) is 0 Å². The first-order valence-corrected chi connectivity index (χ1v) is 5.38. The number of piperazine rings is 1. The van der Waals surface area contributed by atoms with E-state index in [4.69, 9.17) is 0 Å². The Morgan fingerprint density at radius 1 is 1.00 bits per heavy atom. The average molecular weight is 239 g/mol. The van der Waals surface area contributed by atoms with Gasteiger partial charge in [-0.15, -0.1) is 0 Å². The van der Waals surface area contributed by atoms with Gasteiger partial charge >= 0.3 is 0 Å². The van der Waals surface area contributed by atoms with E-state index in [0.29, 0.717) is 0 Å². The molecule has 1 saturated heterocycles. The molecule has 0 unspecified atom stereocenters. The Morgan fingerprint density at radius 3 is 2.14 bits per heavy atom. The van der Waals surface area contributed by atoms with Crippen LogP contribution in [-0.4, -0.2) is 37.6 Å². The molecule has 1 aliphatic carbocycles. The van der Waals surface area contributed by atoms with E-state index in [0.717, 1.165) is 5.92 Å². The highest BCUT2D eigenvalue weighted by Gasteiger charge is 2.19. The maximum atomic E-state index is 3.40. The molecule has 0 aromatic rings. The molecular weight excluding hydrogens is 219 g/mol. The van der Waals surface area contributed by atoms with Crippen molar-refractivity contribution in [1.82, 2.24) is 10.2 Å². The van der Waals surface area contributed by atoms with Crippen molar-refractivity contribution in [2.45, 2.75) is 25.7 Å². The van der Waals surface area contributed by atoms with E-state index in [1.54, 1.807) is 0 Å². The van der Waals surface area contributed by atoms with Gasteiger partial charge in [0.1, 0.15) is 0 Å². The van der Waals surface area contributed by atoms with Gasteiger partial charge < -0.3 is 35.0 Å². The molecule has 86 valence electrons. The lowest BCUT2D eigenvalue weighted by atomic mass is 10.1. The van der Waals surface area contributed by atoms with Crippen LogP contribution in [0.3, 0.4) is 0 Å². The molecule has 1 saturated carbocycles. The summed E-state index contributed by atoms with van der Waals surface area (Å²) in [6.45, 7) is 6.33. The summed E-state index contributed by atoms with van der Waals surface area (Å²) >= 11 is 0. The Bertz CT molecular complexity index is 132. The lowest BCUT2D eigenvalue weighted by Crippen LogP contribution is -3.00. The Morgan fingerprint density at radius 2 is 1.57 bits per heavy atom. The number of rotatable bonds is 2. The largest absolute Gasteiger partial charge is 1.00 e. The molecule has 2 aliphatic rings. The summed E-state index contributed by atoms with van der Waals surface area (Å²) in [6, 6.07) is 0. The third kappa shape index (κ3) is 4.35. The van der Waals surface area contributed by atoms with Gasteiger partial charge in [0, 0.05) is 32.7 Å². The van der Waals surface area contributed by atoms with Crippen molar-refractivity contribution in [3.05, 3.63) is 0 Å². The van der Waals surface area contributed by atoms with Gasteiger partial charge in [-0.2, -0.15) is 0 Å². The first kappa shape index (κ1) is 14.5. The fourth-order valence-corrected chi connectivity index (χ4v) is 2.45. The zero-order chi connectivity index (χ0) is 8.23. The fraction of sp³-hybridized carbons (Fsp3) is 1.00. The van der Waals surface area contributed by atoms with E-state index < -0.39 is 0 Å². The second-order valence-corrected chi connectivity index (χ2v) is 4.20. The molecule has 0 aromatic carbocycles. The summed E-state index contributed by atoms with van der Waals surface area (Å²) < 4.78 is 0. The van der Waals surface area contributed by atoms with Crippen LogP contribution < -0.4 is 30.1 Å². The molecule has 2 nitrogen and oxygen atoms in total. The van der Waals surface area contributed by atoms with Crippen LogP contribution in [0.1, 0.15) is 25.7 Å². The van der Waals surface area contributed by atoms with Gasteiger partial charge in [0.05, 0.1) is 0 Å². The molecule has 14 heavy (non-hydrogen) atoms. The Balaban J connectivity index is 0.000000845. The molecule has 0 radical (unpaired) electrons. The highest BCUT2D eigenvalue weighted by Crippen LogP contribution is 2.25. The molecule has 0 bridgehead atoms. The van der Waals surface area contributed by atoms with E-state index in [1.165, 1.54) is 58.4 Å². The van der Waals surface area contributed by atoms with Crippen molar-refractivity contribution in [2.75, 3.05) is 32.7 Å². The van der Waals surface area contributed by atoms with Crippen LogP contribution in [0.15, 0.2) is 0 Å². The summed E-state index contributed by atoms with van der Waals surface area (Å²) in [6.07, 6.45) is 5.95. The van der Waals surface area contributed by atoms with Crippen LogP contribution in [0.25, 0.3) is 0 Å². The molecule has 2 fully saturated rings. The second kappa shape index (κ2) is 7.75. The lowest BCUT2D eigenvalue weighted by molar-refractivity contribution is -0.001000. The van der Waals surface area contributed by atoms with E-state index in [1.807, 2.05) is 0 Å². The molecule has 2 rings (SSSR count). The van der Waals surface area contributed by atoms with Gasteiger partial charge in [0.15, 0.2) is 0 Å². The summed E-state index contributed by atoms with van der Waals surface area (Å²) in [5, 5.41) is 3.40. The number of nitrogens with one attached hydrogen (secondary N) is 1. The van der Waals surface area contributed by atoms with Gasteiger partial charge in [-0.05, 0) is 18.8 Å². The van der Waals surface area contributed by atoms with Gasteiger partial charge in [-0.25, -0.2) is 0 Å². The first-order valence-electron chi connectivity index (χ1n) is 5.38. The minimum atomic E-state index is 0. The summed E-state index contributed by atoms with van der Waals surface area (Å²) in [5.41, 5.74) is 0. The highest BCUT2D eigenvalue weighted by molar-refractivity contribution is 4.74. The Kier molecular flexibility index (Phi) is 8.02. The van der Waals surface area contributed by atoms with E-state index in [-0.39, 0.29) is 24.8 Å². The summed E-state index contributed by atoms with van der Waals surface area (Å²) in [4.78, 5) is 2.63. The zero-order valence-electron chi connectivity index (χ0n) is 8.64. The lowest BCUT2D eigenvalue weighted by Gasteiger charge is -2.29. The molecule has 0 aromatic heterocycles. The number of nitrogens with zero attached hydrogens (tertiary/aromatic N) is 1. The van der Waals surface area contributed by atoms with Gasteiger partial charge in [-0.3, -0.25) is 0 Å². The molecule has 1 aliphatic heterocycles. The van der Waals surface area contributed by atoms with E-state index >= 15 is 0 Å². The minimum absolute atomic E-state index is 0. The minimum Gasteiger partial charge on any atom is -1.00 e. The van der Waals surface area contributed by atoms with Crippen molar-refractivity contribution in [1.29, 1.82) is 0 Å². The SMILES string of the molecule is C1CCC(CN2CCNCC2)C1.[Cl-].[Cl-]. The van der Waals surface area contributed by atoms with Crippen molar-refractivity contribution in [2.24, 2.45) is 5.92 Å². The zero-order valence-corrected chi connectivity index (χ0v) is 10.2. The molecule has 1 N–H and O–H groups in total. The van der Waals surface area contributed by atoms with Gasteiger partial charge in [0.2, 0.25) is 0 Å². The third-order valence-corrected chi connectivity index (χ3v) is 3.20. The molecule has 4 heteroatoms. The van der Waals surface area contributed by atoms with Crippen LogP contribution in [0.5, 0.6) is 0 Å². The maximum Gasteiger partial charge on any atom is 0.0107 e. The van der Waals surface area contributed by atoms with Gasteiger partial charge in [0.25, 0.3) is 0 Å². The third-order valence-electron chi connectivity index (χ3n) is 3.20. The highest BCUT2D eigenvalue weighted by atomic mass is 35.5. The first-order chi connectivity index (χ1) is 5.95. The monoisotopic (exact) mass is 238 g/mol. The quantitative estimate of drug-likeness (QED) is 0.519. The standard InChI is InChI=1S/C10H20N2.2ClH/c1-2-4-10(3-1)9-12-7-5-11-6-8-12;;/h10-11H,1-9H2;2*1H/p-2. The molecule has 0 atom stereocenters. The number of hydrogen-bond donors (Lipinski definition) is 1. The van der Waals surface area contributed by atoms with Crippen LogP contribution in [-0.2, 0) is 0 Å². The predicted octanol–water partition coefficient (Wildman–Crippen LogP) is -4.91. The maximum absolute atomic E-state index is 3.40.